The van der Waals surface area contributed by atoms with Crippen LogP contribution in [-0.4, -0.2) is 18.9 Å². The van der Waals surface area contributed by atoms with E-state index in [4.69, 9.17) is 16.3 Å². The van der Waals surface area contributed by atoms with Crippen LogP contribution in [0.4, 0.5) is 8.78 Å². The van der Waals surface area contributed by atoms with Crippen LogP contribution in [0.5, 0.6) is 5.75 Å². The fourth-order valence-electron chi connectivity index (χ4n) is 1.03. The first kappa shape index (κ1) is 12.8. The average Bonchev–Trinajstić information content (AvgIpc) is 2.27. The van der Waals surface area contributed by atoms with E-state index >= 15 is 0 Å². The minimum Gasteiger partial charge on any atom is -0.488 e. The highest BCUT2D eigenvalue weighted by Crippen LogP contribution is 2.13. The zero-order valence-electron chi connectivity index (χ0n) is 8.55. The topological polar surface area (TPSA) is 9.23 Å². The minimum absolute atomic E-state index is 0.401. The first-order chi connectivity index (χ1) is 7.72. The van der Waals surface area contributed by atoms with Crippen molar-refractivity contribution in [1.82, 2.24) is 0 Å². The predicted molar refractivity (Wildman–Crippen MR) is 60.2 cm³/mol. The zero-order valence-corrected chi connectivity index (χ0v) is 9.31. The van der Waals surface area contributed by atoms with Gasteiger partial charge in [0.05, 0.1) is 0 Å². The molecule has 0 spiro atoms. The molecule has 0 aliphatic rings. The van der Waals surface area contributed by atoms with Gasteiger partial charge < -0.3 is 4.74 Å². The second kappa shape index (κ2) is 7.08. The smallest absolute Gasteiger partial charge is 0.272 e. The Morgan fingerprint density at radius 1 is 1.38 bits per heavy atom. The van der Waals surface area contributed by atoms with E-state index in [9.17, 15) is 8.78 Å². The first-order valence-corrected chi connectivity index (χ1v) is 5.31. The Bertz CT molecular complexity index is 382. The Morgan fingerprint density at radius 2 is 2.19 bits per heavy atom. The SMILES string of the molecule is FC(F)COc1cccc(C#CCCCl)c1. The van der Waals surface area contributed by atoms with Crippen LogP contribution >= 0.6 is 11.6 Å². The molecule has 1 aromatic carbocycles. The summed E-state index contributed by atoms with van der Waals surface area (Å²) in [6.07, 6.45) is -1.87. The quantitative estimate of drug-likeness (QED) is 0.583. The Labute approximate surface area is 98.4 Å². The molecule has 0 saturated carbocycles. The lowest BCUT2D eigenvalue weighted by Crippen LogP contribution is -2.06. The highest BCUT2D eigenvalue weighted by atomic mass is 35.5. The lowest BCUT2D eigenvalue weighted by molar-refractivity contribution is 0.0819. The molecule has 0 fully saturated rings. The zero-order chi connectivity index (χ0) is 11.8. The Kier molecular flexibility index (Phi) is 5.66. The van der Waals surface area contributed by atoms with E-state index in [1.54, 1.807) is 24.3 Å². The van der Waals surface area contributed by atoms with Crippen LogP contribution in [0, 0.1) is 11.8 Å². The number of hydrogen-bond acceptors (Lipinski definition) is 1. The van der Waals surface area contributed by atoms with Crippen LogP contribution < -0.4 is 4.74 Å². The fourth-order valence-corrected chi connectivity index (χ4v) is 1.13. The van der Waals surface area contributed by atoms with E-state index in [0.717, 1.165) is 5.56 Å². The van der Waals surface area contributed by atoms with Crippen molar-refractivity contribution in [2.24, 2.45) is 0 Å². The summed E-state index contributed by atoms with van der Waals surface area (Å²) in [5, 5.41) is 0. The van der Waals surface area contributed by atoms with Gasteiger partial charge in [0.1, 0.15) is 12.4 Å². The molecule has 0 amide bonds. The molecule has 0 N–H and O–H groups in total. The number of hydrogen-bond donors (Lipinski definition) is 0. The largest absolute Gasteiger partial charge is 0.488 e. The lowest BCUT2D eigenvalue weighted by Gasteiger charge is -2.04. The molecule has 16 heavy (non-hydrogen) atoms. The summed E-state index contributed by atoms with van der Waals surface area (Å²) < 4.78 is 28.7. The van der Waals surface area contributed by atoms with Gasteiger partial charge in [0, 0.05) is 17.9 Å². The molecule has 0 aliphatic heterocycles. The van der Waals surface area contributed by atoms with Gasteiger partial charge in [-0.25, -0.2) is 8.78 Å². The van der Waals surface area contributed by atoms with Gasteiger partial charge in [-0.05, 0) is 18.2 Å². The van der Waals surface area contributed by atoms with E-state index in [1.807, 2.05) is 0 Å². The van der Waals surface area contributed by atoms with Crippen LogP contribution in [0.1, 0.15) is 12.0 Å². The summed E-state index contributed by atoms with van der Waals surface area (Å²) in [6, 6.07) is 6.75. The molecule has 0 unspecified atom stereocenters. The van der Waals surface area contributed by atoms with E-state index < -0.39 is 13.0 Å². The number of halogens is 3. The van der Waals surface area contributed by atoms with Gasteiger partial charge in [-0.3, -0.25) is 0 Å². The summed E-state index contributed by atoms with van der Waals surface area (Å²) in [5.74, 6) is 6.61. The molecule has 0 heterocycles. The van der Waals surface area contributed by atoms with E-state index in [-0.39, 0.29) is 0 Å². The number of alkyl halides is 3. The fraction of sp³-hybridized carbons (Fsp3) is 0.333. The van der Waals surface area contributed by atoms with Crippen molar-refractivity contribution in [3.8, 4) is 17.6 Å². The molecule has 0 atom stereocenters. The van der Waals surface area contributed by atoms with Gasteiger partial charge in [0.2, 0.25) is 0 Å². The molecule has 0 bridgehead atoms. The minimum atomic E-state index is -2.47. The summed E-state index contributed by atoms with van der Waals surface area (Å²) in [4.78, 5) is 0. The van der Waals surface area contributed by atoms with Crippen molar-refractivity contribution >= 4 is 11.6 Å². The van der Waals surface area contributed by atoms with Gasteiger partial charge >= 0.3 is 0 Å². The third-order valence-electron chi connectivity index (χ3n) is 1.66. The van der Waals surface area contributed by atoms with Crippen molar-refractivity contribution in [1.29, 1.82) is 0 Å². The molecule has 1 rings (SSSR count). The molecular weight excluding hydrogens is 234 g/mol. The second-order valence-corrected chi connectivity index (χ2v) is 3.35. The summed E-state index contributed by atoms with van der Waals surface area (Å²) >= 11 is 5.47. The van der Waals surface area contributed by atoms with Crippen molar-refractivity contribution in [2.45, 2.75) is 12.8 Å². The van der Waals surface area contributed by atoms with Gasteiger partial charge in [0.25, 0.3) is 6.43 Å². The molecule has 0 saturated heterocycles. The Morgan fingerprint density at radius 3 is 2.88 bits per heavy atom. The van der Waals surface area contributed by atoms with Gasteiger partial charge in [-0.2, -0.15) is 0 Å². The summed E-state index contributed by atoms with van der Waals surface area (Å²) in [5.41, 5.74) is 0.733. The molecule has 0 radical (unpaired) electrons. The third kappa shape index (κ3) is 4.99. The Hall–Kier alpha value is -1.27. The molecule has 1 nitrogen and oxygen atoms in total. The maximum atomic E-state index is 11.9. The third-order valence-corrected chi connectivity index (χ3v) is 1.85. The average molecular weight is 245 g/mol. The van der Waals surface area contributed by atoms with Crippen LogP contribution in [0.25, 0.3) is 0 Å². The highest BCUT2D eigenvalue weighted by molar-refractivity contribution is 6.18. The van der Waals surface area contributed by atoms with Gasteiger partial charge in [-0.1, -0.05) is 17.9 Å². The molecule has 4 heteroatoms. The molecule has 1 aromatic rings. The first-order valence-electron chi connectivity index (χ1n) is 4.78. The van der Waals surface area contributed by atoms with Crippen LogP contribution in [0.2, 0.25) is 0 Å². The number of rotatable bonds is 4. The van der Waals surface area contributed by atoms with Crippen molar-refractivity contribution in [3.63, 3.8) is 0 Å². The predicted octanol–water partition coefficient (Wildman–Crippen LogP) is 3.31. The van der Waals surface area contributed by atoms with Crippen LogP contribution in [0.15, 0.2) is 24.3 Å². The molecule has 0 aromatic heterocycles. The monoisotopic (exact) mass is 244 g/mol. The summed E-state index contributed by atoms with van der Waals surface area (Å²) in [7, 11) is 0. The van der Waals surface area contributed by atoms with Crippen LogP contribution in [0.3, 0.4) is 0 Å². The second-order valence-electron chi connectivity index (χ2n) is 2.97. The maximum absolute atomic E-state index is 11.9. The van der Waals surface area contributed by atoms with Crippen molar-refractivity contribution < 1.29 is 13.5 Å². The van der Waals surface area contributed by atoms with E-state index in [0.29, 0.717) is 18.1 Å². The highest BCUT2D eigenvalue weighted by Gasteiger charge is 2.03. The van der Waals surface area contributed by atoms with Crippen LogP contribution in [-0.2, 0) is 0 Å². The number of benzene rings is 1. The Balaban J connectivity index is 2.61. The van der Waals surface area contributed by atoms with Gasteiger partial charge in [0.15, 0.2) is 0 Å². The normalized spacial score (nSPS) is 9.75. The van der Waals surface area contributed by atoms with Crippen molar-refractivity contribution in [2.75, 3.05) is 12.5 Å². The molecule has 86 valence electrons. The lowest BCUT2D eigenvalue weighted by atomic mass is 10.2. The molecular formula is C12H11ClF2O. The summed E-state index contributed by atoms with van der Waals surface area (Å²) in [6.45, 7) is -0.599. The van der Waals surface area contributed by atoms with E-state index in [1.165, 1.54) is 0 Å². The molecule has 0 aliphatic carbocycles. The van der Waals surface area contributed by atoms with E-state index in [2.05, 4.69) is 11.8 Å². The maximum Gasteiger partial charge on any atom is 0.272 e. The standard InChI is InChI=1S/C12H11ClF2O/c13-7-2-1-4-10-5-3-6-11(8-10)16-9-12(14)15/h3,5-6,8,12H,2,7,9H2. The number of ether oxygens (including phenoxy) is 1. The van der Waals surface area contributed by atoms with Crippen molar-refractivity contribution in [3.05, 3.63) is 29.8 Å². The van der Waals surface area contributed by atoms with Gasteiger partial charge in [-0.15, -0.1) is 11.6 Å².